The summed E-state index contributed by atoms with van der Waals surface area (Å²) in [4.78, 5) is 22.2. The molecule has 1 unspecified atom stereocenters. The number of carbonyl (C=O) groups is 2. The zero-order valence-electron chi connectivity index (χ0n) is 14.9. The van der Waals surface area contributed by atoms with Crippen LogP contribution in [0.1, 0.15) is 44.5 Å². The third kappa shape index (κ3) is 19.0. The predicted octanol–water partition coefficient (Wildman–Crippen LogP) is 0.639. The Bertz CT molecular complexity index is 379. The number of carboxylic acid groups (broad SMARTS) is 1. The Morgan fingerprint density at radius 3 is 1.50 bits per heavy atom. The summed E-state index contributed by atoms with van der Waals surface area (Å²) in [6.45, 7) is 7.45. The maximum Gasteiger partial charge on any atom is 0.171 e. The van der Waals surface area contributed by atoms with Crippen LogP contribution in [-0.4, -0.2) is 46.9 Å². The first-order valence-electron chi connectivity index (χ1n) is 7.54. The molecule has 1 aromatic rings. The van der Waals surface area contributed by atoms with Gasteiger partial charge in [-0.05, 0) is 27.2 Å². The number of aliphatic carboxylic acids is 1. The van der Waals surface area contributed by atoms with E-state index in [0.717, 1.165) is 0 Å². The van der Waals surface area contributed by atoms with Crippen LogP contribution >= 0.6 is 0 Å². The molecule has 0 radical (unpaired) electrons. The average molecular weight is 377 g/mol. The number of hydrogen-bond acceptors (Lipinski definition) is 6. The van der Waals surface area contributed by atoms with Crippen molar-refractivity contribution in [2.45, 2.75) is 34.1 Å². The summed E-state index contributed by atoms with van der Waals surface area (Å²) in [6, 6.07) is 8.39. The molecule has 0 aliphatic heterocycles. The number of carboxylic acids is 1. The van der Waals surface area contributed by atoms with Crippen molar-refractivity contribution < 1.29 is 51.7 Å². The van der Waals surface area contributed by atoms with Crippen LogP contribution in [0.15, 0.2) is 30.3 Å². The van der Waals surface area contributed by atoms with E-state index in [9.17, 15) is 14.7 Å². The van der Waals surface area contributed by atoms with E-state index in [1.165, 1.54) is 0 Å². The average Bonchev–Trinajstić information content (AvgIpc) is 2.51. The van der Waals surface area contributed by atoms with Gasteiger partial charge in [0.2, 0.25) is 0 Å². The summed E-state index contributed by atoms with van der Waals surface area (Å²) in [5, 5.41) is 33.3. The zero-order valence-corrected chi connectivity index (χ0v) is 16.4. The first-order valence-corrected chi connectivity index (χ1v) is 7.54. The van der Waals surface area contributed by atoms with Gasteiger partial charge in [-0.2, -0.15) is 0 Å². The standard InChI is InChI=1S/C11H12O3.3C2H6O.Ti/c1-2-9(11(13)14)10(12)8-6-4-3-5-7-8;3*1-2-3;/h3-7,9H,2H2,1H3,(H,13,14);3*3H,2H2,1H3;/p-1. The summed E-state index contributed by atoms with van der Waals surface area (Å²) in [5.41, 5.74) is 0.420. The Morgan fingerprint density at radius 1 is 0.917 bits per heavy atom. The summed E-state index contributed by atoms with van der Waals surface area (Å²) in [7, 11) is 0. The molecule has 138 valence electrons. The van der Waals surface area contributed by atoms with Crippen molar-refractivity contribution in [3.05, 3.63) is 35.9 Å². The van der Waals surface area contributed by atoms with Crippen LogP contribution < -0.4 is 5.11 Å². The van der Waals surface area contributed by atoms with Gasteiger partial charge in [-0.15, -0.1) is 0 Å². The molecule has 0 aromatic heterocycles. The molecule has 24 heavy (non-hydrogen) atoms. The number of hydrogen-bond donors (Lipinski definition) is 3. The molecule has 0 spiro atoms. The van der Waals surface area contributed by atoms with Crippen LogP contribution in [0.2, 0.25) is 0 Å². The smallest absolute Gasteiger partial charge is 0.171 e. The van der Waals surface area contributed by atoms with E-state index in [1.54, 1.807) is 58.0 Å². The SMILES string of the molecule is CCC(C(=O)[O-])C(=O)c1ccccc1.CCO.CCO.CCO.[Ti]. The van der Waals surface area contributed by atoms with Gasteiger partial charge < -0.3 is 25.2 Å². The van der Waals surface area contributed by atoms with Crippen LogP contribution in [0.3, 0.4) is 0 Å². The van der Waals surface area contributed by atoms with E-state index in [2.05, 4.69) is 0 Å². The van der Waals surface area contributed by atoms with Gasteiger partial charge in [0.1, 0.15) is 0 Å². The molecule has 7 heteroatoms. The van der Waals surface area contributed by atoms with E-state index in [1.807, 2.05) is 0 Å². The maximum atomic E-state index is 11.6. The normalized spacial score (nSPS) is 9.29. The molecular formula is C17H29O6Ti-. The monoisotopic (exact) mass is 377 g/mol. The van der Waals surface area contributed by atoms with Gasteiger partial charge in [-0.25, -0.2) is 0 Å². The van der Waals surface area contributed by atoms with Crippen molar-refractivity contribution in [3.63, 3.8) is 0 Å². The van der Waals surface area contributed by atoms with Crippen LogP contribution in [-0.2, 0) is 26.5 Å². The third-order valence-corrected chi connectivity index (χ3v) is 2.07. The Hall–Kier alpha value is -1.05. The molecule has 0 saturated carbocycles. The van der Waals surface area contributed by atoms with Crippen molar-refractivity contribution >= 4 is 11.8 Å². The van der Waals surface area contributed by atoms with Gasteiger partial charge in [-0.3, -0.25) is 4.79 Å². The largest absolute Gasteiger partial charge is 0.549 e. The topological polar surface area (TPSA) is 118 Å². The second-order valence-electron chi connectivity index (χ2n) is 3.96. The second-order valence-corrected chi connectivity index (χ2v) is 3.96. The van der Waals surface area contributed by atoms with Crippen LogP contribution in [0.25, 0.3) is 0 Å². The van der Waals surface area contributed by atoms with Gasteiger partial charge in [-0.1, -0.05) is 37.3 Å². The number of aliphatic hydroxyl groups excluding tert-OH is 3. The molecule has 0 fully saturated rings. The van der Waals surface area contributed by atoms with Crippen molar-refractivity contribution in [2.24, 2.45) is 5.92 Å². The number of benzene rings is 1. The van der Waals surface area contributed by atoms with Gasteiger partial charge in [0, 0.05) is 47.1 Å². The molecule has 0 bridgehead atoms. The fraction of sp³-hybridized carbons (Fsp3) is 0.529. The quantitative estimate of drug-likeness (QED) is 0.403. The zero-order chi connectivity index (χ0) is 18.7. The summed E-state index contributed by atoms with van der Waals surface area (Å²) < 4.78 is 0. The number of carbonyl (C=O) groups excluding carboxylic acids is 2. The van der Waals surface area contributed by atoms with Crippen molar-refractivity contribution in [1.29, 1.82) is 0 Å². The minimum Gasteiger partial charge on any atom is -0.549 e. The molecule has 1 aromatic carbocycles. The van der Waals surface area contributed by atoms with E-state index in [0.29, 0.717) is 5.56 Å². The van der Waals surface area contributed by atoms with Crippen LogP contribution in [0.5, 0.6) is 0 Å². The maximum absolute atomic E-state index is 11.6. The molecule has 1 rings (SSSR count). The van der Waals surface area contributed by atoms with E-state index in [4.69, 9.17) is 15.3 Å². The second kappa shape index (κ2) is 24.2. The summed E-state index contributed by atoms with van der Waals surface area (Å²) in [6.07, 6.45) is 0.260. The van der Waals surface area contributed by atoms with Crippen molar-refractivity contribution in [3.8, 4) is 0 Å². The molecule has 3 N–H and O–H groups in total. The summed E-state index contributed by atoms with van der Waals surface area (Å²) in [5.74, 6) is -2.72. The molecule has 0 heterocycles. The molecule has 1 atom stereocenters. The van der Waals surface area contributed by atoms with Crippen LogP contribution in [0, 0.1) is 5.92 Å². The fourth-order valence-electron chi connectivity index (χ4n) is 1.26. The number of ketones is 1. The molecule has 0 aliphatic carbocycles. The Balaban J connectivity index is -0.000000169. The predicted molar refractivity (Wildman–Crippen MR) is 87.8 cm³/mol. The minimum atomic E-state index is -1.30. The molecule has 0 amide bonds. The molecule has 6 nitrogen and oxygen atoms in total. The minimum absolute atomic E-state index is 0. The Morgan fingerprint density at radius 2 is 1.25 bits per heavy atom. The Kier molecular flexibility index (Phi) is 31.1. The first kappa shape index (κ1) is 30.8. The fourth-order valence-corrected chi connectivity index (χ4v) is 1.26. The van der Waals surface area contributed by atoms with Crippen LogP contribution in [0.4, 0.5) is 0 Å². The molecular weight excluding hydrogens is 348 g/mol. The number of rotatable bonds is 4. The van der Waals surface area contributed by atoms with Crippen molar-refractivity contribution in [2.75, 3.05) is 19.8 Å². The van der Waals surface area contributed by atoms with E-state index < -0.39 is 11.9 Å². The number of Topliss-reactive ketones (excluding diaryl/α,β-unsaturated/α-hetero) is 1. The molecule has 0 saturated heterocycles. The summed E-state index contributed by atoms with van der Waals surface area (Å²) >= 11 is 0. The van der Waals surface area contributed by atoms with Gasteiger partial charge in [0.15, 0.2) is 5.78 Å². The van der Waals surface area contributed by atoms with Gasteiger partial charge >= 0.3 is 0 Å². The van der Waals surface area contributed by atoms with Crippen molar-refractivity contribution in [1.82, 2.24) is 0 Å². The third-order valence-electron chi connectivity index (χ3n) is 2.07. The molecule has 0 aliphatic rings. The van der Waals surface area contributed by atoms with Gasteiger partial charge in [0.05, 0.1) is 11.9 Å². The van der Waals surface area contributed by atoms with E-state index >= 15 is 0 Å². The van der Waals surface area contributed by atoms with E-state index in [-0.39, 0.29) is 53.7 Å². The van der Waals surface area contributed by atoms with Gasteiger partial charge in [0.25, 0.3) is 0 Å². The first-order chi connectivity index (χ1) is 10.9. The Labute approximate surface area is 159 Å². The number of aliphatic hydroxyl groups is 3.